The van der Waals surface area contributed by atoms with Crippen molar-refractivity contribution in [1.82, 2.24) is 10.3 Å². The number of carbonyl (C=O) groups excluding carboxylic acids is 3. The summed E-state index contributed by atoms with van der Waals surface area (Å²) in [5, 5.41) is 2.86. The normalized spacial score (nSPS) is 11.5. The summed E-state index contributed by atoms with van der Waals surface area (Å²) in [6, 6.07) is 18.0. The van der Waals surface area contributed by atoms with Crippen molar-refractivity contribution in [2.45, 2.75) is 19.4 Å². The molecule has 8 heteroatoms. The summed E-state index contributed by atoms with van der Waals surface area (Å²) in [5.41, 5.74) is 2.09. The number of hydrogen-bond donors (Lipinski definition) is 1. The highest BCUT2D eigenvalue weighted by atomic mass is 19.1. The van der Waals surface area contributed by atoms with Gasteiger partial charge in [-0.2, -0.15) is 0 Å². The van der Waals surface area contributed by atoms with Crippen molar-refractivity contribution in [3.8, 4) is 0 Å². The summed E-state index contributed by atoms with van der Waals surface area (Å²) in [5.74, 6) is -1.41. The van der Waals surface area contributed by atoms with Crippen LogP contribution in [0.1, 0.15) is 45.0 Å². The second kappa shape index (κ2) is 11.2. The summed E-state index contributed by atoms with van der Waals surface area (Å²) >= 11 is 0. The average Bonchev–Trinajstić information content (AvgIpc) is 3.43. The van der Waals surface area contributed by atoms with E-state index in [0.29, 0.717) is 23.2 Å². The molecule has 7 nitrogen and oxygen atoms in total. The quantitative estimate of drug-likeness (QED) is 0.345. The van der Waals surface area contributed by atoms with E-state index in [2.05, 4.69) is 10.3 Å². The fraction of sp³-hybridized carbons (Fsp3) is 0.143. The number of benzene rings is 2. The zero-order chi connectivity index (χ0) is 25.5. The number of furan rings is 1. The number of pyridine rings is 1. The zero-order valence-corrected chi connectivity index (χ0v) is 19.6. The van der Waals surface area contributed by atoms with Crippen molar-refractivity contribution in [3.05, 3.63) is 120 Å². The van der Waals surface area contributed by atoms with Crippen LogP contribution in [0, 0.1) is 5.82 Å². The van der Waals surface area contributed by atoms with Gasteiger partial charge in [0.1, 0.15) is 11.9 Å². The molecule has 0 aliphatic rings. The van der Waals surface area contributed by atoms with Crippen molar-refractivity contribution in [2.75, 3.05) is 11.4 Å². The molecule has 4 rings (SSSR count). The lowest BCUT2D eigenvalue weighted by Crippen LogP contribution is -2.44. The molecule has 1 unspecified atom stereocenters. The van der Waals surface area contributed by atoms with Gasteiger partial charge in [0, 0.05) is 35.8 Å². The number of carbonyl (C=O) groups is 3. The zero-order valence-electron chi connectivity index (χ0n) is 19.6. The minimum Gasteiger partial charge on any atom is -0.459 e. The van der Waals surface area contributed by atoms with E-state index in [1.807, 2.05) is 0 Å². The van der Waals surface area contributed by atoms with Crippen molar-refractivity contribution in [1.29, 1.82) is 0 Å². The van der Waals surface area contributed by atoms with Crippen molar-refractivity contribution >= 4 is 23.3 Å². The molecule has 182 valence electrons. The fourth-order valence-corrected chi connectivity index (χ4v) is 3.83. The Labute approximate surface area is 207 Å². The molecular formula is C28H24FN3O4. The van der Waals surface area contributed by atoms with Crippen LogP contribution in [0.5, 0.6) is 0 Å². The van der Waals surface area contributed by atoms with Crippen molar-refractivity contribution in [2.24, 2.45) is 0 Å². The smallest absolute Gasteiger partial charge is 0.294 e. The van der Waals surface area contributed by atoms with E-state index in [0.717, 1.165) is 5.56 Å². The third-order valence-electron chi connectivity index (χ3n) is 5.61. The Morgan fingerprint density at radius 3 is 2.47 bits per heavy atom. The summed E-state index contributed by atoms with van der Waals surface area (Å²) in [6.07, 6.45) is 4.87. The second-order valence-electron chi connectivity index (χ2n) is 8.12. The van der Waals surface area contributed by atoms with E-state index >= 15 is 0 Å². The molecule has 36 heavy (non-hydrogen) atoms. The molecule has 0 spiro atoms. The van der Waals surface area contributed by atoms with E-state index < -0.39 is 17.9 Å². The highest BCUT2D eigenvalue weighted by Crippen LogP contribution is 2.30. The lowest BCUT2D eigenvalue weighted by molar-refractivity contribution is -0.122. The molecule has 1 N–H and O–H groups in total. The number of hydrogen-bond acceptors (Lipinski definition) is 5. The van der Waals surface area contributed by atoms with Gasteiger partial charge < -0.3 is 9.73 Å². The van der Waals surface area contributed by atoms with Gasteiger partial charge >= 0.3 is 0 Å². The van der Waals surface area contributed by atoms with Gasteiger partial charge in [-0.15, -0.1) is 0 Å². The predicted molar refractivity (Wildman–Crippen MR) is 132 cm³/mol. The van der Waals surface area contributed by atoms with Crippen LogP contribution in [0.3, 0.4) is 0 Å². The number of anilines is 1. The SMILES string of the molecule is CC(=O)c1ccc(N(C(=O)c2ccco2)C(C(=O)NCCc2cccc(F)c2)c2cccnc2)cc1. The largest absolute Gasteiger partial charge is 0.459 e. The molecule has 0 fully saturated rings. The number of nitrogens with zero attached hydrogens (tertiary/aromatic N) is 2. The third-order valence-corrected chi connectivity index (χ3v) is 5.61. The molecule has 0 aliphatic carbocycles. The van der Waals surface area contributed by atoms with Gasteiger partial charge in [-0.05, 0) is 73.5 Å². The van der Waals surface area contributed by atoms with E-state index in [9.17, 15) is 18.8 Å². The molecule has 2 amide bonds. The molecule has 2 aromatic heterocycles. The first-order valence-corrected chi connectivity index (χ1v) is 11.3. The van der Waals surface area contributed by atoms with Crippen LogP contribution in [-0.4, -0.2) is 29.1 Å². The highest BCUT2D eigenvalue weighted by Gasteiger charge is 2.34. The molecule has 2 heterocycles. The average molecular weight is 486 g/mol. The first kappa shape index (κ1) is 24.5. The Morgan fingerprint density at radius 2 is 1.83 bits per heavy atom. The van der Waals surface area contributed by atoms with Crippen LogP contribution >= 0.6 is 0 Å². The molecule has 0 saturated carbocycles. The molecule has 1 atom stereocenters. The number of aromatic nitrogens is 1. The Balaban J connectivity index is 1.69. The minimum absolute atomic E-state index is 0.0482. The maximum absolute atomic E-state index is 13.6. The molecule has 2 aromatic carbocycles. The van der Waals surface area contributed by atoms with Crippen LogP contribution < -0.4 is 10.2 Å². The number of amides is 2. The summed E-state index contributed by atoms with van der Waals surface area (Å²) in [6.45, 7) is 1.68. The van der Waals surface area contributed by atoms with Gasteiger partial charge in [0.2, 0.25) is 5.91 Å². The predicted octanol–water partition coefficient (Wildman–Crippen LogP) is 4.76. The molecule has 0 radical (unpaired) electrons. The van der Waals surface area contributed by atoms with Crippen LogP contribution in [0.25, 0.3) is 0 Å². The fourth-order valence-electron chi connectivity index (χ4n) is 3.83. The Bertz CT molecular complexity index is 1340. The molecule has 4 aromatic rings. The Morgan fingerprint density at radius 1 is 1.03 bits per heavy atom. The molecule has 0 saturated heterocycles. The Hall–Kier alpha value is -4.59. The maximum Gasteiger partial charge on any atom is 0.294 e. The van der Waals surface area contributed by atoms with E-state index in [4.69, 9.17) is 4.42 Å². The maximum atomic E-state index is 13.6. The van der Waals surface area contributed by atoms with Gasteiger partial charge in [-0.3, -0.25) is 24.3 Å². The summed E-state index contributed by atoms with van der Waals surface area (Å²) < 4.78 is 18.9. The van der Waals surface area contributed by atoms with Crippen molar-refractivity contribution in [3.63, 3.8) is 0 Å². The van der Waals surface area contributed by atoms with Crippen LogP contribution in [0.2, 0.25) is 0 Å². The van der Waals surface area contributed by atoms with E-state index in [1.54, 1.807) is 60.8 Å². The standard InChI is InChI=1S/C28H24FN3O4/c1-19(33)21-9-11-24(12-10-21)32(28(35)25-8-4-16-36-25)26(22-6-3-14-30-18-22)27(34)31-15-13-20-5-2-7-23(29)17-20/h2-12,14,16-18,26H,13,15H2,1H3,(H,31,34). The first-order chi connectivity index (χ1) is 17.4. The lowest BCUT2D eigenvalue weighted by atomic mass is 10.0. The number of Topliss-reactive ketones (excluding diaryl/α,β-unsaturated/α-hetero) is 1. The molecule has 0 bridgehead atoms. The van der Waals surface area contributed by atoms with Crippen LogP contribution in [0.4, 0.5) is 10.1 Å². The molecular weight excluding hydrogens is 461 g/mol. The minimum atomic E-state index is -1.09. The van der Waals surface area contributed by atoms with Crippen molar-refractivity contribution < 1.29 is 23.2 Å². The van der Waals surface area contributed by atoms with Gasteiger partial charge in [0.25, 0.3) is 5.91 Å². The Kier molecular flexibility index (Phi) is 7.65. The highest BCUT2D eigenvalue weighted by molar-refractivity contribution is 6.09. The second-order valence-corrected chi connectivity index (χ2v) is 8.12. The number of nitrogens with one attached hydrogen (secondary N) is 1. The van der Waals surface area contributed by atoms with Gasteiger partial charge in [0.15, 0.2) is 11.5 Å². The monoisotopic (exact) mass is 485 g/mol. The van der Waals surface area contributed by atoms with Gasteiger partial charge in [0.05, 0.1) is 6.26 Å². The van der Waals surface area contributed by atoms with Crippen LogP contribution in [-0.2, 0) is 11.2 Å². The number of ketones is 1. The van der Waals surface area contributed by atoms with Gasteiger partial charge in [-0.1, -0.05) is 18.2 Å². The van der Waals surface area contributed by atoms with E-state index in [1.165, 1.54) is 42.5 Å². The lowest BCUT2D eigenvalue weighted by Gasteiger charge is -2.30. The van der Waals surface area contributed by atoms with Gasteiger partial charge in [-0.25, -0.2) is 4.39 Å². The molecule has 0 aliphatic heterocycles. The number of halogens is 1. The summed E-state index contributed by atoms with van der Waals surface area (Å²) in [7, 11) is 0. The number of rotatable bonds is 9. The van der Waals surface area contributed by atoms with E-state index in [-0.39, 0.29) is 23.9 Å². The first-order valence-electron chi connectivity index (χ1n) is 11.3. The summed E-state index contributed by atoms with van der Waals surface area (Å²) in [4.78, 5) is 44.4. The topological polar surface area (TPSA) is 92.5 Å². The third kappa shape index (κ3) is 5.72. The van der Waals surface area contributed by atoms with Crippen LogP contribution in [0.15, 0.2) is 95.9 Å².